The topological polar surface area (TPSA) is 141 Å². The number of furan rings is 1. The van der Waals surface area contributed by atoms with Crippen LogP contribution in [-0.4, -0.2) is 15.9 Å². The van der Waals surface area contributed by atoms with Gasteiger partial charge in [-0.15, -0.1) is 0 Å². The normalized spacial score (nSPS) is 10.1. The van der Waals surface area contributed by atoms with Gasteiger partial charge in [0.25, 0.3) is 0 Å². The Hall–Kier alpha value is -3.86. The van der Waals surface area contributed by atoms with Crippen LogP contribution in [0.2, 0.25) is 0 Å². The standard InChI is InChI=1S/C16H11N5O3/c17-8-11-13(20-16(19)21-14(11)18)9-3-1-4-10(7-9)24-15(22)12-5-2-6-23-12/h1-7H,(H4,18,19,20,21). The van der Waals surface area contributed by atoms with Crippen molar-refractivity contribution in [1.29, 1.82) is 5.26 Å². The number of rotatable bonds is 3. The van der Waals surface area contributed by atoms with Crippen molar-refractivity contribution in [2.75, 3.05) is 11.5 Å². The van der Waals surface area contributed by atoms with Crippen LogP contribution in [0.1, 0.15) is 16.1 Å². The summed E-state index contributed by atoms with van der Waals surface area (Å²) in [4.78, 5) is 19.7. The van der Waals surface area contributed by atoms with Gasteiger partial charge in [0, 0.05) is 5.56 Å². The minimum absolute atomic E-state index is 0.0158. The summed E-state index contributed by atoms with van der Waals surface area (Å²) >= 11 is 0. The van der Waals surface area contributed by atoms with Crippen molar-refractivity contribution in [2.45, 2.75) is 0 Å². The van der Waals surface area contributed by atoms with Gasteiger partial charge in [-0.05, 0) is 24.3 Å². The molecule has 0 aliphatic carbocycles. The first-order chi connectivity index (χ1) is 11.6. The van der Waals surface area contributed by atoms with Crippen LogP contribution < -0.4 is 16.2 Å². The zero-order valence-electron chi connectivity index (χ0n) is 12.3. The van der Waals surface area contributed by atoms with Crippen LogP contribution in [0.5, 0.6) is 5.75 Å². The first-order valence-electron chi connectivity index (χ1n) is 6.77. The van der Waals surface area contributed by atoms with Crippen LogP contribution in [0.3, 0.4) is 0 Å². The number of aromatic nitrogens is 2. The van der Waals surface area contributed by atoms with E-state index in [1.165, 1.54) is 12.3 Å². The molecular weight excluding hydrogens is 310 g/mol. The molecule has 1 aromatic carbocycles. The molecule has 4 N–H and O–H groups in total. The summed E-state index contributed by atoms with van der Waals surface area (Å²) in [6.45, 7) is 0. The third-order valence-corrected chi connectivity index (χ3v) is 3.11. The molecule has 0 atom stereocenters. The van der Waals surface area contributed by atoms with Gasteiger partial charge in [-0.1, -0.05) is 12.1 Å². The largest absolute Gasteiger partial charge is 0.457 e. The van der Waals surface area contributed by atoms with Gasteiger partial charge in [-0.3, -0.25) is 0 Å². The summed E-state index contributed by atoms with van der Waals surface area (Å²) in [6, 6.07) is 11.5. The van der Waals surface area contributed by atoms with Gasteiger partial charge in [0.1, 0.15) is 23.2 Å². The first kappa shape index (κ1) is 15.1. The van der Waals surface area contributed by atoms with Crippen molar-refractivity contribution in [2.24, 2.45) is 0 Å². The number of ether oxygens (including phenoxy) is 1. The molecule has 0 saturated heterocycles. The van der Waals surface area contributed by atoms with E-state index in [1.54, 1.807) is 30.3 Å². The maximum atomic E-state index is 11.9. The predicted molar refractivity (Wildman–Crippen MR) is 84.7 cm³/mol. The van der Waals surface area contributed by atoms with E-state index in [2.05, 4.69) is 9.97 Å². The number of benzene rings is 1. The Balaban J connectivity index is 1.97. The van der Waals surface area contributed by atoms with Gasteiger partial charge in [-0.2, -0.15) is 10.2 Å². The number of carbonyl (C=O) groups excluding carboxylic acids is 1. The lowest BCUT2D eigenvalue weighted by Gasteiger charge is -2.08. The number of nitrogens with zero attached hydrogens (tertiary/aromatic N) is 3. The number of hydrogen-bond acceptors (Lipinski definition) is 8. The summed E-state index contributed by atoms with van der Waals surface area (Å²) in [6.07, 6.45) is 1.37. The number of hydrogen-bond donors (Lipinski definition) is 2. The second-order valence-electron chi connectivity index (χ2n) is 4.70. The van der Waals surface area contributed by atoms with Crippen molar-refractivity contribution in [3.8, 4) is 23.1 Å². The van der Waals surface area contributed by atoms with E-state index in [4.69, 9.17) is 20.6 Å². The van der Waals surface area contributed by atoms with Crippen LogP contribution >= 0.6 is 0 Å². The Morgan fingerprint density at radius 1 is 1.21 bits per heavy atom. The van der Waals surface area contributed by atoms with E-state index in [0.29, 0.717) is 5.56 Å². The fourth-order valence-electron chi connectivity index (χ4n) is 2.07. The summed E-state index contributed by atoms with van der Waals surface area (Å²) in [5, 5.41) is 9.24. The maximum absolute atomic E-state index is 11.9. The molecule has 0 fully saturated rings. The van der Waals surface area contributed by atoms with E-state index in [0.717, 1.165) is 0 Å². The van der Waals surface area contributed by atoms with Crippen molar-refractivity contribution < 1.29 is 13.9 Å². The molecule has 0 unspecified atom stereocenters. The highest BCUT2D eigenvalue weighted by Crippen LogP contribution is 2.28. The highest BCUT2D eigenvalue weighted by molar-refractivity contribution is 5.88. The Labute approximate surface area is 136 Å². The molecule has 0 saturated carbocycles. The Bertz CT molecular complexity index is 945. The van der Waals surface area contributed by atoms with Gasteiger partial charge in [0.05, 0.1) is 12.0 Å². The molecule has 3 aromatic rings. The SMILES string of the molecule is N#Cc1c(N)nc(N)nc1-c1cccc(OC(=O)c2ccco2)c1. The van der Waals surface area contributed by atoms with E-state index in [1.807, 2.05) is 6.07 Å². The van der Waals surface area contributed by atoms with Gasteiger partial charge < -0.3 is 20.6 Å². The summed E-state index contributed by atoms with van der Waals surface area (Å²) in [5.41, 5.74) is 12.2. The fourth-order valence-corrected chi connectivity index (χ4v) is 2.07. The average Bonchev–Trinajstić information content (AvgIpc) is 3.09. The summed E-state index contributed by atoms with van der Waals surface area (Å²) in [7, 11) is 0. The number of nitrogens with two attached hydrogens (primary N) is 2. The maximum Gasteiger partial charge on any atom is 0.379 e. The molecule has 0 spiro atoms. The summed E-state index contributed by atoms with van der Waals surface area (Å²) < 4.78 is 10.2. The monoisotopic (exact) mass is 321 g/mol. The molecule has 0 amide bonds. The Kier molecular flexibility index (Phi) is 3.82. The predicted octanol–water partition coefficient (Wildman–Crippen LogP) is 1.99. The number of esters is 1. The second kappa shape index (κ2) is 6.10. The van der Waals surface area contributed by atoms with Gasteiger partial charge >= 0.3 is 5.97 Å². The lowest BCUT2D eigenvalue weighted by Crippen LogP contribution is -2.07. The third kappa shape index (κ3) is 2.86. The van der Waals surface area contributed by atoms with Crippen LogP contribution in [0.25, 0.3) is 11.3 Å². The summed E-state index contributed by atoms with van der Waals surface area (Å²) in [5.74, 6) is -0.376. The lowest BCUT2D eigenvalue weighted by atomic mass is 10.1. The highest BCUT2D eigenvalue weighted by atomic mass is 16.5. The zero-order chi connectivity index (χ0) is 17.1. The molecule has 3 rings (SSSR count). The highest BCUT2D eigenvalue weighted by Gasteiger charge is 2.15. The molecule has 0 aliphatic heterocycles. The Morgan fingerprint density at radius 3 is 2.75 bits per heavy atom. The van der Waals surface area contributed by atoms with Crippen molar-refractivity contribution >= 4 is 17.7 Å². The average molecular weight is 321 g/mol. The second-order valence-corrected chi connectivity index (χ2v) is 4.70. The molecule has 2 heterocycles. The van der Waals surface area contributed by atoms with Gasteiger partial charge in [0.2, 0.25) is 11.7 Å². The van der Waals surface area contributed by atoms with Crippen LogP contribution in [0, 0.1) is 11.3 Å². The van der Waals surface area contributed by atoms with Crippen molar-refractivity contribution in [3.63, 3.8) is 0 Å². The van der Waals surface area contributed by atoms with E-state index < -0.39 is 5.97 Å². The van der Waals surface area contributed by atoms with Crippen LogP contribution in [-0.2, 0) is 0 Å². The minimum Gasteiger partial charge on any atom is -0.457 e. The van der Waals surface area contributed by atoms with Crippen LogP contribution in [0.15, 0.2) is 47.1 Å². The quantitative estimate of drug-likeness (QED) is 0.551. The third-order valence-electron chi connectivity index (χ3n) is 3.11. The smallest absolute Gasteiger partial charge is 0.379 e. The molecule has 118 valence electrons. The van der Waals surface area contributed by atoms with E-state index >= 15 is 0 Å². The minimum atomic E-state index is -0.639. The molecule has 2 aromatic heterocycles. The van der Waals surface area contributed by atoms with Crippen molar-refractivity contribution in [3.05, 3.63) is 54.0 Å². The lowest BCUT2D eigenvalue weighted by molar-refractivity contribution is 0.0701. The molecule has 0 bridgehead atoms. The molecule has 24 heavy (non-hydrogen) atoms. The number of anilines is 2. The van der Waals surface area contributed by atoms with E-state index in [9.17, 15) is 10.1 Å². The van der Waals surface area contributed by atoms with E-state index in [-0.39, 0.29) is 34.5 Å². The molecule has 8 heteroatoms. The first-order valence-corrected chi connectivity index (χ1v) is 6.77. The molecule has 8 nitrogen and oxygen atoms in total. The molecule has 0 radical (unpaired) electrons. The number of nitriles is 1. The number of nitrogen functional groups attached to an aromatic ring is 2. The van der Waals surface area contributed by atoms with Crippen molar-refractivity contribution in [1.82, 2.24) is 9.97 Å². The zero-order valence-corrected chi connectivity index (χ0v) is 12.3. The van der Waals surface area contributed by atoms with Crippen LogP contribution in [0.4, 0.5) is 11.8 Å². The molecule has 0 aliphatic rings. The van der Waals surface area contributed by atoms with Gasteiger partial charge in [-0.25, -0.2) is 9.78 Å². The Morgan fingerprint density at radius 2 is 2.04 bits per heavy atom. The molecular formula is C16H11N5O3. The number of carbonyl (C=O) groups is 1. The van der Waals surface area contributed by atoms with Gasteiger partial charge in [0.15, 0.2) is 0 Å². The fraction of sp³-hybridized carbons (Fsp3) is 0.